The average Bonchev–Trinajstić information content (AvgIpc) is 2.80. The number of rotatable bonds is 5. The van der Waals surface area contributed by atoms with Gasteiger partial charge in [0.15, 0.2) is 0 Å². The number of aliphatic hydroxyl groups is 1. The standard InChI is InChI=1S/C15H20ClFN2O2/c1-10(20)7-12-3-2-6-19(12)9-15(21)18-14-8-11(16)4-5-13(14)17/h4-5,8,10,12,20H,2-3,6-7,9H2,1H3,(H,18,21). The first kappa shape index (κ1) is 16.2. The fourth-order valence-electron chi connectivity index (χ4n) is 2.73. The second-order valence-electron chi connectivity index (χ2n) is 5.52. The summed E-state index contributed by atoms with van der Waals surface area (Å²) in [4.78, 5) is 14.1. The molecule has 0 radical (unpaired) electrons. The topological polar surface area (TPSA) is 52.6 Å². The van der Waals surface area contributed by atoms with Crippen LogP contribution in [0.2, 0.25) is 5.02 Å². The monoisotopic (exact) mass is 314 g/mol. The molecule has 0 bridgehead atoms. The number of benzene rings is 1. The molecule has 1 saturated heterocycles. The number of carbonyl (C=O) groups is 1. The van der Waals surface area contributed by atoms with Gasteiger partial charge in [-0.3, -0.25) is 9.69 Å². The molecule has 116 valence electrons. The number of hydrogen-bond donors (Lipinski definition) is 2. The Morgan fingerprint density at radius 1 is 1.62 bits per heavy atom. The van der Waals surface area contributed by atoms with Crippen molar-refractivity contribution in [2.45, 2.75) is 38.3 Å². The summed E-state index contributed by atoms with van der Waals surface area (Å²) in [7, 11) is 0. The summed E-state index contributed by atoms with van der Waals surface area (Å²) in [5, 5.41) is 12.4. The number of halogens is 2. The Morgan fingerprint density at radius 2 is 2.38 bits per heavy atom. The second kappa shape index (κ2) is 7.20. The van der Waals surface area contributed by atoms with Crippen molar-refractivity contribution in [3.8, 4) is 0 Å². The average molecular weight is 315 g/mol. The molecule has 0 spiro atoms. The Balaban J connectivity index is 1.93. The van der Waals surface area contributed by atoms with Crippen LogP contribution in [0.3, 0.4) is 0 Å². The molecule has 1 aromatic rings. The molecule has 1 heterocycles. The van der Waals surface area contributed by atoms with Gasteiger partial charge in [-0.1, -0.05) is 11.6 Å². The maximum absolute atomic E-state index is 13.6. The van der Waals surface area contributed by atoms with Crippen LogP contribution < -0.4 is 5.32 Å². The minimum atomic E-state index is -0.505. The fraction of sp³-hybridized carbons (Fsp3) is 0.533. The van der Waals surface area contributed by atoms with Gasteiger partial charge in [0, 0.05) is 11.1 Å². The zero-order valence-electron chi connectivity index (χ0n) is 12.0. The first-order chi connectivity index (χ1) is 9.95. The van der Waals surface area contributed by atoms with E-state index in [1.54, 1.807) is 6.92 Å². The highest BCUT2D eigenvalue weighted by molar-refractivity contribution is 6.30. The quantitative estimate of drug-likeness (QED) is 0.878. The van der Waals surface area contributed by atoms with Crippen LogP contribution in [0.4, 0.5) is 10.1 Å². The Hall–Kier alpha value is -1.17. The molecule has 1 fully saturated rings. The van der Waals surface area contributed by atoms with Crippen LogP contribution in [0, 0.1) is 5.82 Å². The van der Waals surface area contributed by atoms with Crippen molar-refractivity contribution in [2.24, 2.45) is 0 Å². The molecule has 2 unspecified atom stereocenters. The lowest BCUT2D eigenvalue weighted by molar-refractivity contribution is -0.117. The van der Waals surface area contributed by atoms with Crippen molar-refractivity contribution < 1.29 is 14.3 Å². The number of aliphatic hydroxyl groups excluding tert-OH is 1. The van der Waals surface area contributed by atoms with Gasteiger partial charge in [0.2, 0.25) is 5.91 Å². The van der Waals surface area contributed by atoms with Gasteiger partial charge in [-0.2, -0.15) is 0 Å². The summed E-state index contributed by atoms with van der Waals surface area (Å²) in [5.74, 6) is -0.775. The van der Waals surface area contributed by atoms with Crippen LogP contribution in [-0.4, -0.2) is 41.1 Å². The van der Waals surface area contributed by atoms with E-state index >= 15 is 0 Å². The number of carbonyl (C=O) groups excluding carboxylic acids is 1. The Kier molecular flexibility index (Phi) is 5.56. The smallest absolute Gasteiger partial charge is 0.238 e. The third-order valence-electron chi connectivity index (χ3n) is 3.66. The lowest BCUT2D eigenvalue weighted by Gasteiger charge is -2.24. The minimum absolute atomic E-state index is 0.0961. The Bertz CT molecular complexity index is 510. The third-order valence-corrected chi connectivity index (χ3v) is 3.90. The lowest BCUT2D eigenvalue weighted by atomic mass is 10.1. The van der Waals surface area contributed by atoms with Gasteiger partial charge in [0.25, 0.3) is 0 Å². The van der Waals surface area contributed by atoms with Gasteiger partial charge in [-0.25, -0.2) is 4.39 Å². The first-order valence-electron chi connectivity index (χ1n) is 7.12. The van der Waals surface area contributed by atoms with Crippen molar-refractivity contribution >= 4 is 23.2 Å². The van der Waals surface area contributed by atoms with E-state index in [1.165, 1.54) is 18.2 Å². The van der Waals surface area contributed by atoms with Crippen LogP contribution in [-0.2, 0) is 4.79 Å². The van der Waals surface area contributed by atoms with Gasteiger partial charge in [-0.15, -0.1) is 0 Å². The molecule has 1 amide bonds. The SMILES string of the molecule is CC(O)CC1CCCN1CC(=O)Nc1cc(Cl)ccc1F. The van der Waals surface area contributed by atoms with Crippen LogP contribution in [0.1, 0.15) is 26.2 Å². The Labute approximate surface area is 128 Å². The Morgan fingerprint density at radius 3 is 3.10 bits per heavy atom. The van der Waals surface area contributed by atoms with Gasteiger partial charge in [-0.05, 0) is 50.9 Å². The van der Waals surface area contributed by atoms with E-state index in [2.05, 4.69) is 5.32 Å². The van der Waals surface area contributed by atoms with Crippen molar-refractivity contribution in [1.29, 1.82) is 0 Å². The highest BCUT2D eigenvalue weighted by Gasteiger charge is 2.27. The number of amides is 1. The second-order valence-corrected chi connectivity index (χ2v) is 5.96. The maximum Gasteiger partial charge on any atom is 0.238 e. The van der Waals surface area contributed by atoms with Crippen molar-refractivity contribution in [3.63, 3.8) is 0 Å². The van der Waals surface area contributed by atoms with Crippen LogP contribution >= 0.6 is 11.6 Å². The van der Waals surface area contributed by atoms with Crippen molar-refractivity contribution in [2.75, 3.05) is 18.4 Å². The van der Waals surface area contributed by atoms with Gasteiger partial charge in [0.1, 0.15) is 5.82 Å². The summed E-state index contributed by atoms with van der Waals surface area (Å²) in [6, 6.07) is 4.27. The molecule has 21 heavy (non-hydrogen) atoms. The predicted molar refractivity (Wildman–Crippen MR) is 80.9 cm³/mol. The molecule has 0 aliphatic carbocycles. The van der Waals surface area contributed by atoms with E-state index in [1.807, 2.05) is 4.90 Å². The van der Waals surface area contributed by atoms with Crippen LogP contribution in [0.25, 0.3) is 0 Å². The summed E-state index contributed by atoms with van der Waals surface area (Å²) in [5.41, 5.74) is 0.0961. The van der Waals surface area contributed by atoms with Crippen LogP contribution in [0.5, 0.6) is 0 Å². The molecular weight excluding hydrogens is 295 g/mol. The largest absolute Gasteiger partial charge is 0.393 e. The molecule has 1 aliphatic rings. The molecule has 1 aliphatic heterocycles. The highest BCUT2D eigenvalue weighted by Crippen LogP contribution is 2.22. The summed E-state index contributed by atoms with van der Waals surface area (Å²) in [6.07, 6.45) is 2.25. The zero-order valence-corrected chi connectivity index (χ0v) is 12.7. The predicted octanol–water partition coefficient (Wildman–Crippen LogP) is 2.65. The summed E-state index contributed by atoms with van der Waals surface area (Å²) >= 11 is 5.79. The van der Waals surface area contributed by atoms with Gasteiger partial charge in [0.05, 0.1) is 18.3 Å². The number of likely N-dealkylation sites (tertiary alicyclic amines) is 1. The molecule has 0 aromatic heterocycles. The summed E-state index contributed by atoms with van der Waals surface area (Å²) in [6.45, 7) is 2.77. The van der Waals surface area contributed by atoms with E-state index in [-0.39, 0.29) is 30.3 Å². The first-order valence-corrected chi connectivity index (χ1v) is 7.50. The lowest BCUT2D eigenvalue weighted by Crippen LogP contribution is -2.38. The van der Waals surface area contributed by atoms with Crippen molar-refractivity contribution in [1.82, 2.24) is 4.90 Å². The minimum Gasteiger partial charge on any atom is -0.393 e. The molecule has 2 N–H and O–H groups in total. The molecule has 2 atom stereocenters. The van der Waals surface area contributed by atoms with Gasteiger partial charge < -0.3 is 10.4 Å². The molecule has 6 heteroatoms. The number of nitrogens with zero attached hydrogens (tertiary/aromatic N) is 1. The van der Waals surface area contributed by atoms with Gasteiger partial charge >= 0.3 is 0 Å². The highest BCUT2D eigenvalue weighted by atomic mass is 35.5. The van der Waals surface area contributed by atoms with E-state index in [0.717, 1.165) is 19.4 Å². The van der Waals surface area contributed by atoms with E-state index < -0.39 is 5.82 Å². The fourth-order valence-corrected chi connectivity index (χ4v) is 2.90. The zero-order chi connectivity index (χ0) is 15.4. The normalized spacial score (nSPS) is 20.5. The molecule has 1 aromatic carbocycles. The number of anilines is 1. The molecule has 2 rings (SSSR count). The molecular formula is C15H20ClFN2O2. The summed E-state index contributed by atoms with van der Waals surface area (Å²) < 4.78 is 13.6. The van der Waals surface area contributed by atoms with E-state index in [0.29, 0.717) is 11.4 Å². The maximum atomic E-state index is 13.6. The third kappa shape index (κ3) is 4.66. The van der Waals surface area contributed by atoms with Crippen molar-refractivity contribution in [3.05, 3.63) is 29.0 Å². The molecule has 0 saturated carbocycles. The van der Waals surface area contributed by atoms with E-state index in [9.17, 15) is 14.3 Å². The number of nitrogens with one attached hydrogen (secondary N) is 1. The molecule has 4 nitrogen and oxygen atoms in total. The van der Waals surface area contributed by atoms with E-state index in [4.69, 9.17) is 11.6 Å². The number of hydrogen-bond acceptors (Lipinski definition) is 3. The van der Waals surface area contributed by atoms with Crippen LogP contribution in [0.15, 0.2) is 18.2 Å².